The van der Waals surface area contributed by atoms with E-state index in [0.29, 0.717) is 54.1 Å². The fourth-order valence-electron chi connectivity index (χ4n) is 5.79. The second-order valence-corrected chi connectivity index (χ2v) is 12.6. The van der Waals surface area contributed by atoms with E-state index < -0.39 is 27.7 Å². The van der Waals surface area contributed by atoms with Crippen LogP contribution < -0.4 is 10.5 Å². The average molecular weight is 628 g/mol. The van der Waals surface area contributed by atoms with Crippen molar-refractivity contribution in [1.82, 2.24) is 14.8 Å². The normalized spacial score (nSPS) is 14.8. The summed E-state index contributed by atoms with van der Waals surface area (Å²) in [7, 11) is -4.06. The van der Waals surface area contributed by atoms with Gasteiger partial charge in [0.05, 0.1) is 10.4 Å². The Hall–Kier alpha value is -4.87. The number of anilines is 2. The Morgan fingerprint density at radius 3 is 2.24 bits per heavy atom. The van der Waals surface area contributed by atoms with Crippen LogP contribution in [0.4, 0.5) is 20.2 Å². The van der Waals surface area contributed by atoms with E-state index in [1.165, 1.54) is 30.3 Å². The number of nitrogens with two attached hydrogens (primary N) is 1. The fraction of sp³-hybridized carbons (Fsp3) is 0.176. The van der Waals surface area contributed by atoms with Gasteiger partial charge in [-0.1, -0.05) is 30.3 Å². The van der Waals surface area contributed by atoms with Crippen molar-refractivity contribution in [3.63, 3.8) is 0 Å². The minimum absolute atomic E-state index is 0.0233. The van der Waals surface area contributed by atoms with Crippen LogP contribution in [-0.4, -0.2) is 55.3 Å². The zero-order valence-corrected chi connectivity index (χ0v) is 25.3. The second-order valence-electron chi connectivity index (χ2n) is 11.0. The first-order chi connectivity index (χ1) is 21.6. The SMILES string of the molecule is CC(c1c(F)cccc1F)N1CCN(C(=O)c2ccc(NS(=O)(=O)c3ccc(N)cc3-c3cccc4cccnc34)cc2)CC1. The Kier molecular flexibility index (Phi) is 8.22. The lowest BCUT2D eigenvalue weighted by atomic mass is 10.0. The van der Waals surface area contributed by atoms with E-state index in [-0.39, 0.29) is 22.1 Å². The van der Waals surface area contributed by atoms with Crippen LogP contribution in [0.15, 0.2) is 102 Å². The molecule has 5 aromatic rings. The van der Waals surface area contributed by atoms with Crippen LogP contribution in [0.1, 0.15) is 28.9 Å². The molecule has 1 atom stereocenters. The Labute approximate surface area is 260 Å². The Morgan fingerprint density at radius 1 is 0.867 bits per heavy atom. The molecule has 1 unspecified atom stereocenters. The van der Waals surface area contributed by atoms with E-state index >= 15 is 0 Å². The van der Waals surface area contributed by atoms with Gasteiger partial charge in [-0.05, 0) is 67.6 Å². The molecule has 1 aliphatic heterocycles. The number of sulfonamides is 1. The lowest BCUT2D eigenvalue weighted by Gasteiger charge is -2.38. The molecule has 4 aromatic carbocycles. The molecule has 1 saturated heterocycles. The van der Waals surface area contributed by atoms with E-state index in [0.717, 1.165) is 5.39 Å². The number of carbonyl (C=O) groups is 1. The first kappa shape index (κ1) is 30.2. The number of para-hydroxylation sites is 1. The molecule has 0 spiro atoms. The molecule has 0 radical (unpaired) electrons. The summed E-state index contributed by atoms with van der Waals surface area (Å²) in [5.74, 6) is -1.39. The lowest BCUT2D eigenvalue weighted by molar-refractivity contribution is 0.0576. The molecule has 0 aliphatic carbocycles. The van der Waals surface area contributed by atoms with Crippen LogP contribution in [-0.2, 0) is 10.0 Å². The number of rotatable bonds is 7. The largest absolute Gasteiger partial charge is 0.399 e. The molecule has 1 aliphatic rings. The minimum atomic E-state index is -4.06. The molecule has 11 heteroatoms. The number of piperazine rings is 1. The van der Waals surface area contributed by atoms with Gasteiger partial charge in [-0.2, -0.15) is 0 Å². The average Bonchev–Trinajstić information content (AvgIpc) is 3.04. The van der Waals surface area contributed by atoms with Gasteiger partial charge < -0.3 is 10.6 Å². The van der Waals surface area contributed by atoms with Crippen molar-refractivity contribution in [2.45, 2.75) is 17.9 Å². The van der Waals surface area contributed by atoms with Gasteiger partial charge in [-0.15, -0.1) is 0 Å². The van der Waals surface area contributed by atoms with Crippen LogP contribution in [0, 0.1) is 11.6 Å². The van der Waals surface area contributed by atoms with Crippen molar-refractivity contribution in [2.75, 3.05) is 36.6 Å². The van der Waals surface area contributed by atoms with Crippen molar-refractivity contribution in [2.24, 2.45) is 0 Å². The quantitative estimate of drug-likeness (QED) is 0.212. The number of benzene rings is 4. The third-order valence-electron chi connectivity index (χ3n) is 8.17. The molecule has 1 amide bonds. The zero-order valence-electron chi connectivity index (χ0n) is 24.5. The summed E-state index contributed by atoms with van der Waals surface area (Å²) >= 11 is 0. The van der Waals surface area contributed by atoms with E-state index in [4.69, 9.17) is 5.73 Å². The van der Waals surface area contributed by atoms with Gasteiger partial charge >= 0.3 is 0 Å². The third-order valence-corrected chi connectivity index (χ3v) is 9.61. The molecule has 0 saturated carbocycles. The van der Waals surface area contributed by atoms with Crippen molar-refractivity contribution in [3.8, 4) is 11.1 Å². The summed E-state index contributed by atoms with van der Waals surface area (Å²) in [6.07, 6.45) is 1.65. The van der Waals surface area contributed by atoms with Crippen molar-refractivity contribution in [3.05, 3.63) is 120 Å². The van der Waals surface area contributed by atoms with Crippen molar-refractivity contribution >= 4 is 38.2 Å². The molecule has 230 valence electrons. The molecule has 0 bridgehead atoms. The predicted molar refractivity (Wildman–Crippen MR) is 171 cm³/mol. The smallest absolute Gasteiger partial charge is 0.262 e. The number of fused-ring (bicyclic) bond motifs is 1. The molecular formula is C34H31F2N5O3S. The molecule has 1 aromatic heterocycles. The molecule has 1 fully saturated rings. The number of hydrogen-bond donors (Lipinski definition) is 2. The van der Waals surface area contributed by atoms with Crippen LogP contribution in [0.3, 0.4) is 0 Å². The van der Waals surface area contributed by atoms with E-state index in [1.54, 1.807) is 48.4 Å². The summed E-state index contributed by atoms with van der Waals surface area (Å²) in [5.41, 5.74) is 8.90. The monoisotopic (exact) mass is 627 g/mol. The number of nitrogens with one attached hydrogen (secondary N) is 1. The van der Waals surface area contributed by atoms with Crippen LogP contribution in [0.25, 0.3) is 22.0 Å². The van der Waals surface area contributed by atoms with Crippen LogP contribution >= 0.6 is 0 Å². The van der Waals surface area contributed by atoms with E-state index in [2.05, 4.69) is 9.71 Å². The number of nitrogen functional groups attached to an aromatic ring is 1. The van der Waals surface area contributed by atoms with Gasteiger partial charge in [0.15, 0.2) is 0 Å². The summed E-state index contributed by atoms with van der Waals surface area (Å²) < 4.78 is 58.5. The van der Waals surface area contributed by atoms with Gasteiger partial charge in [0, 0.05) is 77.4 Å². The number of hydrogen-bond acceptors (Lipinski definition) is 6. The molecule has 6 rings (SSSR count). The van der Waals surface area contributed by atoms with Gasteiger partial charge in [0.25, 0.3) is 15.9 Å². The number of carbonyl (C=O) groups excluding carboxylic acids is 1. The lowest BCUT2D eigenvalue weighted by Crippen LogP contribution is -2.49. The van der Waals surface area contributed by atoms with Gasteiger partial charge in [-0.25, -0.2) is 17.2 Å². The molecular weight excluding hydrogens is 596 g/mol. The Morgan fingerprint density at radius 2 is 1.53 bits per heavy atom. The summed E-state index contributed by atoms with van der Waals surface area (Å²) in [6.45, 7) is 3.43. The van der Waals surface area contributed by atoms with Gasteiger partial charge in [0.1, 0.15) is 11.6 Å². The molecule has 3 N–H and O–H groups in total. The summed E-state index contributed by atoms with van der Waals surface area (Å²) in [5, 5.41) is 0.865. The van der Waals surface area contributed by atoms with Crippen molar-refractivity contribution in [1.29, 1.82) is 0 Å². The van der Waals surface area contributed by atoms with E-state index in [1.807, 2.05) is 35.2 Å². The van der Waals surface area contributed by atoms with Crippen LogP contribution in [0.2, 0.25) is 0 Å². The highest BCUT2D eigenvalue weighted by molar-refractivity contribution is 7.92. The number of halogens is 2. The fourth-order valence-corrected chi connectivity index (χ4v) is 7.05. The topological polar surface area (TPSA) is 109 Å². The maximum Gasteiger partial charge on any atom is 0.262 e. The molecule has 2 heterocycles. The zero-order chi connectivity index (χ0) is 31.7. The predicted octanol–water partition coefficient (Wildman–Crippen LogP) is 6.08. The van der Waals surface area contributed by atoms with Gasteiger partial charge in [0.2, 0.25) is 0 Å². The number of nitrogens with zero attached hydrogens (tertiary/aromatic N) is 3. The first-order valence-electron chi connectivity index (χ1n) is 14.5. The number of amides is 1. The first-order valence-corrected chi connectivity index (χ1v) is 15.9. The molecule has 45 heavy (non-hydrogen) atoms. The standard InChI is InChI=1S/C34H31F2N5O3S/c1-22(32-29(35)8-3-9-30(32)36)40-17-19-41(20-18-40)34(42)24-10-13-26(14-11-24)39-45(43,44)31-15-12-25(37)21-28(31)27-7-2-5-23-6-4-16-38-33(23)27/h2-16,21-22,39H,17-20,37H2,1H3. The number of aromatic nitrogens is 1. The van der Waals surface area contributed by atoms with Crippen LogP contribution in [0.5, 0.6) is 0 Å². The second kappa shape index (κ2) is 12.3. The Balaban J connectivity index is 1.16. The Bertz CT molecular complexity index is 1970. The molecule has 8 nitrogen and oxygen atoms in total. The third kappa shape index (κ3) is 6.09. The maximum atomic E-state index is 14.3. The highest BCUT2D eigenvalue weighted by Gasteiger charge is 2.28. The van der Waals surface area contributed by atoms with Gasteiger partial charge in [-0.3, -0.25) is 19.4 Å². The minimum Gasteiger partial charge on any atom is -0.399 e. The highest BCUT2D eigenvalue weighted by Crippen LogP contribution is 2.34. The summed E-state index contributed by atoms with van der Waals surface area (Å²) in [4.78, 5) is 21.4. The number of pyridine rings is 1. The summed E-state index contributed by atoms with van der Waals surface area (Å²) in [6, 6.07) is 23.5. The van der Waals surface area contributed by atoms with Crippen molar-refractivity contribution < 1.29 is 22.0 Å². The highest BCUT2D eigenvalue weighted by atomic mass is 32.2. The maximum absolute atomic E-state index is 14.3. The van der Waals surface area contributed by atoms with E-state index in [9.17, 15) is 22.0 Å².